The number of nitrogens with zero attached hydrogens (tertiary/aromatic N) is 2. The summed E-state index contributed by atoms with van der Waals surface area (Å²) in [7, 11) is 1.82. The van der Waals surface area contributed by atoms with Crippen LogP contribution < -0.4 is 5.32 Å². The van der Waals surface area contributed by atoms with Crippen molar-refractivity contribution in [3.63, 3.8) is 0 Å². The highest BCUT2D eigenvalue weighted by molar-refractivity contribution is 5.19. The molecule has 1 heterocycles. The number of rotatable bonds is 4. The Balaban J connectivity index is 2.16. The van der Waals surface area contributed by atoms with Crippen molar-refractivity contribution in [1.29, 1.82) is 0 Å². The average molecular weight is 237 g/mol. The topological polar surface area (TPSA) is 29.9 Å². The first-order chi connectivity index (χ1) is 8.20. The second-order valence-electron chi connectivity index (χ2n) is 3.75. The Kier molecular flexibility index (Phi) is 3.49. The van der Waals surface area contributed by atoms with Crippen LogP contribution in [0.2, 0.25) is 0 Å². The smallest absolute Gasteiger partial charge is 0.163 e. The quantitative estimate of drug-likeness (QED) is 0.880. The molecule has 0 bridgehead atoms. The van der Waals surface area contributed by atoms with Gasteiger partial charge in [0.2, 0.25) is 0 Å². The second-order valence-corrected chi connectivity index (χ2v) is 3.75. The minimum atomic E-state index is -0.829. The minimum Gasteiger partial charge on any atom is -0.314 e. The Bertz CT molecular complexity index is 508. The normalized spacial score (nSPS) is 10.8. The average Bonchev–Trinajstić information content (AvgIpc) is 2.73. The van der Waals surface area contributed by atoms with Crippen molar-refractivity contribution in [3.8, 4) is 0 Å². The summed E-state index contributed by atoms with van der Waals surface area (Å²) in [5.74, 6) is -1.64. The van der Waals surface area contributed by atoms with Crippen molar-refractivity contribution in [3.05, 3.63) is 53.4 Å². The van der Waals surface area contributed by atoms with Crippen LogP contribution in [-0.4, -0.2) is 16.8 Å². The van der Waals surface area contributed by atoms with Crippen molar-refractivity contribution in [2.75, 3.05) is 7.05 Å². The van der Waals surface area contributed by atoms with E-state index in [0.717, 1.165) is 11.8 Å². The lowest BCUT2D eigenvalue weighted by molar-refractivity contribution is 0.491. The highest BCUT2D eigenvalue weighted by Crippen LogP contribution is 2.12. The lowest BCUT2D eigenvalue weighted by Crippen LogP contribution is -2.08. The van der Waals surface area contributed by atoms with Crippen LogP contribution in [-0.2, 0) is 13.1 Å². The summed E-state index contributed by atoms with van der Waals surface area (Å²) >= 11 is 0. The Hall–Kier alpha value is -1.75. The SMILES string of the molecule is CNCc1ccn(Cc2cccc(F)c2F)n1. The molecule has 0 radical (unpaired) electrons. The van der Waals surface area contributed by atoms with Crippen molar-refractivity contribution < 1.29 is 8.78 Å². The summed E-state index contributed by atoms with van der Waals surface area (Å²) < 4.78 is 28.0. The number of benzene rings is 1. The Morgan fingerprint density at radius 2 is 2.12 bits per heavy atom. The summed E-state index contributed by atoms with van der Waals surface area (Å²) in [6, 6.07) is 5.99. The van der Waals surface area contributed by atoms with Gasteiger partial charge in [0.1, 0.15) is 0 Å². The number of nitrogens with one attached hydrogen (secondary N) is 1. The molecule has 1 aromatic heterocycles. The molecule has 0 aliphatic rings. The maximum absolute atomic E-state index is 13.4. The van der Waals surface area contributed by atoms with Gasteiger partial charge in [0.05, 0.1) is 12.2 Å². The molecule has 0 saturated heterocycles. The summed E-state index contributed by atoms with van der Waals surface area (Å²) in [5.41, 5.74) is 1.16. The number of hydrogen-bond acceptors (Lipinski definition) is 2. The molecule has 3 nitrogen and oxygen atoms in total. The molecular formula is C12H13F2N3. The Morgan fingerprint density at radius 3 is 2.88 bits per heavy atom. The number of halogens is 2. The van der Waals surface area contributed by atoms with Gasteiger partial charge in [-0.25, -0.2) is 8.78 Å². The predicted octanol–water partition coefficient (Wildman–Crippen LogP) is 1.93. The maximum atomic E-state index is 13.4. The van der Waals surface area contributed by atoms with E-state index in [9.17, 15) is 8.78 Å². The van der Waals surface area contributed by atoms with E-state index in [4.69, 9.17) is 0 Å². The molecule has 17 heavy (non-hydrogen) atoms. The predicted molar refractivity (Wildman–Crippen MR) is 60.5 cm³/mol. The van der Waals surface area contributed by atoms with Crippen LogP contribution >= 0.6 is 0 Å². The van der Waals surface area contributed by atoms with Gasteiger partial charge in [0.15, 0.2) is 11.6 Å². The summed E-state index contributed by atoms with van der Waals surface area (Å²) in [6.45, 7) is 0.881. The molecule has 1 aromatic carbocycles. The first-order valence-corrected chi connectivity index (χ1v) is 5.30. The van der Waals surface area contributed by atoms with Crippen LogP contribution in [0, 0.1) is 11.6 Å². The zero-order valence-corrected chi connectivity index (χ0v) is 9.45. The fourth-order valence-electron chi connectivity index (χ4n) is 1.61. The minimum absolute atomic E-state index is 0.229. The van der Waals surface area contributed by atoms with Crippen molar-refractivity contribution in [1.82, 2.24) is 15.1 Å². The molecule has 2 rings (SSSR count). The molecule has 0 aliphatic heterocycles. The monoisotopic (exact) mass is 237 g/mol. The van der Waals surface area contributed by atoms with Crippen molar-refractivity contribution in [2.45, 2.75) is 13.1 Å². The fourth-order valence-corrected chi connectivity index (χ4v) is 1.61. The van der Waals surface area contributed by atoms with Gasteiger partial charge in [-0.1, -0.05) is 12.1 Å². The Morgan fingerprint density at radius 1 is 1.29 bits per heavy atom. The molecule has 5 heteroatoms. The largest absolute Gasteiger partial charge is 0.314 e. The van der Waals surface area contributed by atoms with Crippen LogP contribution in [0.1, 0.15) is 11.3 Å². The van der Waals surface area contributed by atoms with E-state index in [-0.39, 0.29) is 6.54 Å². The molecular weight excluding hydrogens is 224 g/mol. The zero-order valence-electron chi connectivity index (χ0n) is 9.45. The first kappa shape index (κ1) is 11.7. The highest BCUT2D eigenvalue weighted by Gasteiger charge is 2.08. The van der Waals surface area contributed by atoms with Gasteiger partial charge in [0, 0.05) is 18.3 Å². The molecule has 2 aromatic rings. The molecule has 0 spiro atoms. The summed E-state index contributed by atoms with van der Waals surface area (Å²) in [6.07, 6.45) is 1.75. The van der Waals surface area contributed by atoms with Crippen LogP contribution in [0.5, 0.6) is 0 Å². The van der Waals surface area contributed by atoms with Gasteiger partial charge in [-0.2, -0.15) is 5.10 Å². The van der Waals surface area contributed by atoms with Gasteiger partial charge in [-0.15, -0.1) is 0 Å². The van der Waals surface area contributed by atoms with E-state index in [1.54, 1.807) is 16.9 Å². The molecule has 0 saturated carbocycles. The van der Waals surface area contributed by atoms with Gasteiger partial charge in [-0.3, -0.25) is 4.68 Å². The Labute approximate surface area is 98.1 Å². The summed E-state index contributed by atoms with van der Waals surface area (Å²) in [4.78, 5) is 0. The van der Waals surface area contributed by atoms with E-state index >= 15 is 0 Å². The van der Waals surface area contributed by atoms with Gasteiger partial charge < -0.3 is 5.32 Å². The third kappa shape index (κ3) is 2.68. The van der Waals surface area contributed by atoms with E-state index in [1.165, 1.54) is 6.07 Å². The molecule has 0 aliphatic carbocycles. The lowest BCUT2D eigenvalue weighted by atomic mass is 10.2. The van der Waals surface area contributed by atoms with Crippen molar-refractivity contribution >= 4 is 0 Å². The molecule has 0 amide bonds. The van der Waals surface area contributed by atoms with Crippen molar-refractivity contribution in [2.24, 2.45) is 0 Å². The highest BCUT2D eigenvalue weighted by atomic mass is 19.2. The standard InChI is InChI=1S/C12H13F2N3/c1-15-7-10-5-6-17(16-10)8-9-3-2-4-11(13)12(9)14/h2-6,15H,7-8H2,1H3. The molecule has 0 unspecified atom stereocenters. The zero-order chi connectivity index (χ0) is 12.3. The maximum Gasteiger partial charge on any atom is 0.163 e. The third-order valence-corrected chi connectivity index (χ3v) is 2.42. The first-order valence-electron chi connectivity index (χ1n) is 5.30. The van der Waals surface area contributed by atoms with E-state index in [0.29, 0.717) is 12.1 Å². The molecule has 1 N–H and O–H groups in total. The van der Waals surface area contributed by atoms with Crippen LogP contribution in [0.15, 0.2) is 30.5 Å². The molecule has 0 fully saturated rings. The van der Waals surface area contributed by atoms with Gasteiger partial charge in [0.25, 0.3) is 0 Å². The number of aromatic nitrogens is 2. The molecule has 0 atom stereocenters. The second kappa shape index (κ2) is 5.05. The van der Waals surface area contributed by atoms with Crippen LogP contribution in [0.25, 0.3) is 0 Å². The third-order valence-electron chi connectivity index (χ3n) is 2.42. The lowest BCUT2D eigenvalue weighted by Gasteiger charge is -2.04. The molecule has 90 valence electrons. The van der Waals surface area contributed by atoms with Gasteiger partial charge >= 0.3 is 0 Å². The van der Waals surface area contributed by atoms with Crippen LogP contribution in [0.4, 0.5) is 8.78 Å². The van der Waals surface area contributed by atoms with Gasteiger partial charge in [-0.05, 0) is 19.2 Å². The van der Waals surface area contributed by atoms with E-state index < -0.39 is 11.6 Å². The van der Waals surface area contributed by atoms with Crippen LogP contribution in [0.3, 0.4) is 0 Å². The number of hydrogen-bond donors (Lipinski definition) is 1. The van der Waals surface area contributed by atoms with E-state index in [1.807, 2.05) is 13.1 Å². The van der Waals surface area contributed by atoms with E-state index in [2.05, 4.69) is 10.4 Å². The fraction of sp³-hybridized carbons (Fsp3) is 0.250. The summed E-state index contributed by atoms with van der Waals surface area (Å²) in [5, 5.41) is 7.20.